The van der Waals surface area contributed by atoms with Crippen molar-refractivity contribution in [3.63, 3.8) is 0 Å². The van der Waals surface area contributed by atoms with Crippen LogP contribution in [0.15, 0.2) is 42.6 Å². The number of nitrogens with two attached hydrogens (primary N) is 1. The Morgan fingerprint density at radius 1 is 1.33 bits per heavy atom. The lowest BCUT2D eigenvalue weighted by Crippen LogP contribution is -2.10. The molecule has 1 unspecified atom stereocenters. The summed E-state index contributed by atoms with van der Waals surface area (Å²) in [6, 6.07) is 7.26. The minimum Gasteiger partial charge on any atom is -0.408 e. The van der Waals surface area contributed by atoms with Gasteiger partial charge in [0.2, 0.25) is 0 Å². The van der Waals surface area contributed by atoms with E-state index in [0.29, 0.717) is 11.1 Å². The number of H-pyrrole nitrogens is 1. The standard InChI is InChI=1S/C12H9BrN2O2S/c13-10-4-7(5-18-10)11(14)6-1-2-8-9(3-6)17-12(16)15-8/h1-5,11H,14H2,(H,15,16). The number of fused-ring (bicyclic) bond motifs is 1. The van der Waals surface area contributed by atoms with Crippen molar-refractivity contribution in [2.45, 2.75) is 6.04 Å². The summed E-state index contributed by atoms with van der Waals surface area (Å²) in [4.78, 5) is 13.7. The molecule has 92 valence electrons. The van der Waals surface area contributed by atoms with Crippen LogP contribution in [0.3, 0.4) is 0 Å². The van der Waals surface area contributed by atoms with Gasteiger partial charge in [-0.2, -0.15) is 0 Å². The molecule has 2 aromatic heterocycles. The predicted molar refractivity (Wildman–Crippen MR) is 74.9 cm³/mol. The van der Waals surface area contributed by atoms with Crippen LogP contribution in [0.5, 0.6) is 0 Å². The highest BCUT2D eigenvalue weighted by atomic mass is 79.9. The summed E-state index contributed by atoms with van der Waals surface area (Å²) in [5, 5.41) is 2.01. The predicted octanol–water partition coefficient (Wildman–Crippen LogP) is 2.99. The van der Waals surface area contributed by atoms with Crippen LogP contribution < -0.4 is 11.5 Å². The number of oxazole rings is 1. The van der Waals surface area contributed by atoms with Crippen LogP contribution in [0, 0.1) is 0 Å². The Labute approximate surface area is 115 Å². The number of rotatable bonds is 2. The van der Waals surface area contributed by atoms with Crippen molar-refractivity contribution in [3.8, 4) is 0 Å². The maximum atomic E-state index is 11.1. The minimum absolute atomic E-state index is 0.225. The maximum absolute atomic E-state index is 11.1. The molecule has 3 N–H and O–H groups in total. The molecule has 0 saturated carbocycles. The van der Waals surface area contributed by atoms with Gasteiger partial charge in [-0.15, -0.1) is 11.3 Å². The van der Waals surface area contributed by atoms with E-state index in [1.54, 1.807) is 23.5 Å². The van der Waals surface area contributed by atoms with Crippen LogP contribution in [0.25, 0.3) is 11.1 Å². The molecule has 0 amide bonds. The van der Waals surface area contributed by atoms with Crippen molar-refractivity contribution in [3.05, 3.63) is 55.1 Å². The average Bonchev–Trinajstić information content (AvgIpc) is 2.92. The monoisotopic (exact) mass is 324 g/mol. The number of halogens is 1. The molecule has 1 aromatic carbocycles. The average molecular weight is 325 g/mol. The van der Waals surface area contributed by atoms with Gasteiger partial charge in [-0.1, -0.05) is 6.07 Å². The van der Waals surface area contributed by atoms with E-state index in [4.69, 9.17) is 10.2 Å². The fourth-order valence-corrected chi connectivity index (χ4v) is 3.05. The molecular formula is C12H9BrN2O2S. The molecule has 0 fully saturated rings. The van der Waals surface area contributed by atoms with E-state index < -0.39 is 5.76 Å². The molecule has 0 spiro atoms. The van der Waals surface area contributed by atoms with Gasteiger partial charge in [0, 0.05) is 0 Å². The lowest BCUT2D eigenvalue weighted by Gasteiger charge is -2.09. The molecular weight excluding hydrogens is 316 g/mol. The summed E-state index contributed by atoms with van der Waals surface area (Å²) in [7, 11) is 0. The first-order valence-electron chi connectivity index (χ1n) is 5.26. The number of hydrogen-bond acceptors (Lipinski definition) is 4. The smallest absolute Gasteiger partial charge is 0.408 e. The quantitative estimate of drug-likeness (QED) is 0.761. The van der Waals surface area contributed by atoms with Crippen molar-refractivity contribution in [2.75, 3.05) is 0 Å². The van der Waals surface area contributed by atoms with Gasteiger partial charge >= 0.3 is 5.76 Å². The molecule has 3 aromatic rings. The molecule has 0 saturated heterocycles. The normalized spacial score (nSPS) is 13.0. The van der Waals surface area contributed by atoms with Gasteiger partial charge in [-0.25, -0.2) is 4.79 Å². The maximum Gasteiger partial charge on any atom is 0.417 e. The fraction of sp³-hybridized carbons (Fsp3) is 0.0833. The highest BCUT2D eigenvalue weighted by Crippen LogP contribution is 2.28. The van der Waals surface area contributed by atoms with Crippen molar-refractivity contribution in [2.24, 2.45) is 5.73 Å². The molecule has 0 radical (unpaired) electrons. The largest absolute Gasteiger partial charge is 0.417 e. The summed E-state index contributed by atoms with van der Waals surface area (Å²) >= 11 is 5.01. The van der Waals surface area contributed by atoms with Gasteiger partial charge < -0.3 is 10.2 Å². The summed E-state index contributed by atoms with van der Waals surface area (Å²) in [5.74, 6) is -0.450. The zero-order valence-electron chi connectivity index (χ0n) is 9.14. The van der Waals surface area contributed by atoms with Gasteiger partial charge in [-0.3, -0.25) is 4.98 Å². The first-order chi connectivity index (χ1) is 8.63. The van der Waals surface area contributed by atoms with E-state index in [9.17, 15) is 4.79 Å². The Balaban J connectivity index is 2.05. The third-order valence-electron chi connectivity index (χ3n) is 2.75. The van der Waals surface area contributed by atoms with E-state index in [0.717, 1.165) is 14.9 Å². The number of aromatic nitrogens is 1. The lowest BCUT2D eigenvalue weighted by molar-refractivity contribution is 0.555. The van der Waals surface area contributed by atoms with Gasteiger partial charge in [0.25, 0.3) is 0 Å². The minimum atomic E-state index is -0.450. The van der Waals surface area contributed by atoms with E-state index >= 15 is 0 Å². The topological polar surface area (TPSA) is 72.0 Å². The van der Waals surface area contributed by atoms with Crippen LogP contribution in [-0.2, 0) is 0 Å². The SMILES string of the molecule is NC(c1csc(Br)c1)c1ccc2[nH]c(=O)oc2c1. The van der Waals surface area contributed by atoms with Crippen LogP contribution in [0.2, 0.25) is 0 Å². The summed E-state index contributed by atoms with van der Waals surface area (Å²) < 4.78 is 6.07. The van der Waals surface area contributed by atoms with Crippen molar-refractivity contribution < 1.29 is 4.42 Å². The Hall–Kier alpha value is -1.37. The van der Waals surface area contributed by atoms with Crippen LogP contribution in [-0.4, -0.2) is 4.98 Å². The zero-order chi connectivity index (χ0) is 12.7. The zero-order valence-corrected chi connectivity index (χ0v) is 11.5. The second-order valence-electron chi connectivity index (χ2n) is 3.93. The van der Waals surface area contributed by atoms with Crippen LogP contribution in [0.1, 0.15) is 17.2 Å². The van der Waals surface area contributed by atoms with E-state index in [2.05, 4.69) is 20.9 Å². The van der Waals surface area contributed by atoms with Gasteiger partial charge in [-0.05, 0) is 50.6 Å². The second kappa shape index (κ2) is 4.38. The number of aromatic amines is 1. The molecule has 0 aliphatic rings. The number of thiophene rings is 1. The van der Waals surface area contributed by atoms with Crippen LogP contribution in [0.4, 0.5) is 0 Å². The molecule has 6 heteroatoms. The van der Waals surface area contributed by atoms with E-state index in [1.807, 2.05) is 17.5 Å². The molecule has 0 bridgehead atoms. The molecule has 4 nitrogen and oxygen atoms in total. The molecule has 0 aliphatic heterocycles. The summed E-state index contributed by atoms with van der Waals surface area (Å²) in [6.45, 7) is 0. The Morgan fingerprint density at radius 3 is 2.89 bits per heavy atom. The van der Waals surface area contributed by atoms with Crippen molar-refractivity contribution in [1.29, 1.82) is 0 Å². The van der Waals surface area contributed by atoms with Crippen LogP contribution >= 0.6 is 27.3 Å². The number of hydrogen-bond donors (Lipinski definition) is 2. The molecule has 3 rings (SSSR count). The Kier molecular flexibility index (Phi) is 2.85. The number of benzene rings is 1. The molecule has 0 aliphatic carbocycles. The van der Waals surface area contributed by atoms with Gasteiger partial charge in [0.15, 0.2) is 5.58 Å². The highest BCUT2D eigenvalue weighted by Gasteiger charge is 2.12. The lowest BCUT2D eigenvalue weighted by atomic mass is 10.0. The molecule has 1 atom stereocenters. The molecule has 2 heterocycles. The second-order valence-corrected chi connectivity index (χ2v) is 6.22. The first kappa shape index (κ1) is 11.7. The van der Waals surface area contributed by atoms with E-state index in [1.165, 1.54) is 0 Å². The molecule has 18 heavy (non-hydrogen) atoms. The van der Waals surface area contributed by atoms with E-state index in [-0.39, 0.29) is 6.04 Å². The third kappa shape index (κ3) is 2.03. The van der Waals surface area contributed by atoms with Gasteiger partial charge in [0.1, 0.15) is 0 Å². The Bertz CT molecular complexity index is 759. The van der Waals surface area contributed by atoms with Gasteiger partial charge in [0.05, 0.1) is 15.3 Å². The fourth-order valence-electron chi connectivity index (χ4n) is 1.83. The summed E-state index contributed by atoms with van der Waals surface area (Å²) in [6.07, 6.45) is 0. The number of nitrogens with one attached hydrogen (secondary N) is 1. The van der Waals surface area contributed by atoms with Crippen molar-refractivity contribution >= 4 is 38.4 Å². The highest BCUT2D eigenvalue weighted by molar-refractivity contribution is 9.11. The first-order valence-corrected chi connectivity index (χ1v) is 6.93. The summed E-state index contributed by atoms with van der Waals surface area (Å²) in [5.41, 5.74) is 9.34. The Morgan fingerprint density at radius 2 is 2.17 bits per heavy atom. The third-order valence-corrected chi connectivity index (χ3v) is 4.27. The van der Waals surface area contributed by atoms with Crippen molar-refractivity contribution in [1.82, 2.24) is 4.98 Å².